The van der Waals surface area contributed by atoms with E-state index >= 15 is 0 Å². The van der Waals surface area contributed by atoms with Gasteiger partial charge in [0.25, 0.3) is 0 Å². The Bertz CT molecular complexity index is 915. The number of rotatable bonds is 3. The fraction of sp³-hybridized carbons (Fsp3) is 0.529. The van der Waals surface area contributed by atoms with Crippen molar-refractivity contribution >= 4 is 42.6 Å². The topological polar surface area (TPSA) is 73.8 Å². The molecule has 1 aliphatic rings. The van der Waals surface area contributed by atoms with Crippen molar-refractivity contribution in [1.82, 2.24) is 14.8 Å². The summed E-state index contributed by atoms with van der Waals surface area (Å²) in [5.41, 5.74) is 0.553. The Morgan fingerprint density at radius 1 is 1.23 bits per heavy atom. The lowest BCUT2D eigenvalue weighted by atomic mass is 10.0. The fourth-order valence-electron chi connectivity index (χ4n) is 3.26. The van der Waals surface area contributed by atoms with E-state index in [0.717, 1.165) is 35.8 Å². The number of carbonyl (C=O) groups is 1. The average molecular weight is 397 g/mol. The highest BCUT2D eigenvalue weighted by Crippen LogP contribution is 2.34. The molecule has 0 bridgehead atoms. The summed E-state index contributed by atoms with van der Waals surface area (Å²) in [5, 5.41) is 0.844. The minimum Gasteiger partial charge on any atom is -0.348 e. The predicted octanol–water partition coefficient (Wildman–Crippen LogP) is 2.28. The standard InChI is InChI=1S/C17H24N4O3S2/c1-19(2)17(22)20(3)12-8-10-21(11-9-12)16-18-15-13(25-16)6-5-7-14(15)26(4,23)24/h5-7,12H,8-11H2,1-4H3. The number of benzene rings is 1. The zero-order valence-electron chi connectivity index (χ0n) is 15.5. The Balaban J connectivity index is 1.77. The first kappa shape index (κ1) is 18.9. The summed E-state index contributed by atoms with van der Waals surface area (Å²) in [5.74, 6) is 0. The molecule has 1 aromatic carbocycles. The van der Waals surface area contributed by atoms with Gasteiger partial charge in [0.05, 0.1) is 9.60 Å². The molecule has 1 fully saturated rings. The monoisotopic (exact) mass is 396 g/mol. The van der Waals surface area contributed by atoms with Gasteiger partial charge in [-0.15, -0.1) is 0 Å². The molecule has 9 heteroatoms. The molecular weight excluding hydrogens is 372 g/mol. The average Bonchev–Trinajstić information content (AvgIpc) is 3.03. The molecule has 0 radical (unpaired) electrons. The normalized spacial score (nSPS) is 16.1. The fourth-order valence-corrected chi connectivity index (χ4v) is 5.20. The maximum Gasteiger partial charge on any atom is 0.319 e. The Kier molecular flexibility index (Phi) is 5.12. The number of hydrogen-bond donors (Lipinski definition) is 0. The molecule has 0 N–H and O–H groups in total. The molecule has 2 aromatic rings. The molecule has 26 heavy (non-hydrogen) atoms. The highest BCUT2D eigenvalue weighted by Gasteiger charge is 2.28. The molecular formula is C17H24N4O3S2. The summed E-state index contributed by atoms with van der Waals surface area (Å²) < 4.78 is 24.8. The summed E-state index contributed by atoms with van der Waals surface area (Å²) in [6, 6.07) is 5.49. The first-order valence-electron chi connectivity index (χ1n) is 8.47. The van der Waals surface area contributed by atoms with E-state index in [4.69, 9.17) is 0 Å². The van der Waals surface area contributed by atoms with Crippen molar-refractivity contribution < 1.29 is 13.2 Å². The molecule has 0 spiro atoms. The second kappa shape index (κ2) is 7.03. The van der Waals surface area contributed by atoms with Gasteiger partial charge in [0.2, 0.25) is 0 Å². The van der Waals surface area contributed by atoms with E-state index in [-0.39, 0.29) is 17.0 Å². The molecule has 142 valence electrons. The van der Waals surface area contributed by atoms with Gasteiger partial charge in [-0.1, -0.05) is 17.4 Å². The molecule has 0 aliphatic carbocycles. The zero-order valence-corrected chi connectivity index (χ0v) is 17.1. The number of sulfone groups is 1. The van der Waals surface area contributed by atoms with Crippen LogP contribution in [0, 0.1) is 0 Å². The first-order valence-corrected chi connectivity index (χ1v) is 11.2. The van der Waals surface area contributed by atoms with Crippen molar-refractivity contribution in [2.24, 2.45) is 0 Å². The smallest absolute Gasteiger partial charge is 0.319 e. The summed E-state index contributed by atoms with van der Waals surface area (Å²) in [7, 11) is 2.06. The Hall–Kier alpha value is -1.87. The Morgan fingerprint density at radius 2 is 1.88 bits per heavy atom. The van der Waals surface area contributed by atoms with Gasteiger partial charge in [0.15, 0.2) is 15.0 Å². The maximum atomic E-state index is 12.1. The number of fused-ring (bicyclic) bond motifs is 1. The quantitative estimate of drug-likeness (QED) is 0.796. The number of thiazole rings is 1. The highest BCUT2D eigenvalue weighted by atomic mass is 32.2. The van der Waals surface area contributed by atoms with Gasteiger partial charge in [-0.05, 0) is 25.0 Å². The largest absolute Gasteiger partial charge is 0.348 e. The number of amides is 2. The summed E-state index contributed by atoms with van der Waals surface area (Å²) in [4.78, 5) is 22.6. The van der Waals surface area contributed by atoms with Crippen molar-refractivity contribution in [3.8, 4) is 0 Å². The minimum absolute atomic E-state index is 0.0150. The van der Waals surface area contributed by atoms with Crippen molar-refractivity contribution in [3.63, 3.8) is 0 Å². The summed E-state index contributed by atoms with van der Waals surface area (Å²) >= 11 is 1.52. The molecule has 2 amide bonds. The lowest BCUT2D eigenvalue weighted by Crippen LogP contribution is -2.48. The van der Waals surface area contributed by atoms with Gasteiger partial charge in [-0.3, -0.25) is 0 Å². The molecule has 3 rings (SSSR count). The van der Waals surface area contributed by atoms with Gasteiger partial charge < -0.3 is 14.7 Å². The number of piperidine rings is 1. The third-order valence-electron chi connectivity index (χ3n) is 4.74. The van der Waals surface area contributed by atoms with E-state index in [9.17, 15) is 13.2 Å². The second-order valence-corrected chi connectivity index (χ2v) is 9.87. The van der Waals surface area contributed by atoms with Crippen molar-refractivity contribution in [1.29, 1.82) is 0 Å². The van der Waals surface area contributed by atoms with Crippen LogP contribution in [0.1, 0.15) is 12.8 Å². The third kappa shape index (κ3) is 3.64. The Labute approximate surface area is 158 Å². The van der Waals surface area contributed by atoms with Crippen LogP contribution in [0.4, 0.5) is 9.93 Å². The van der Waals surface area contributed by atoms with Gasteiger partial charge in [0.1, 0.15) is 5.52 Å². The van der Waals surface area contributed by atoms with Crippen molar-refractivity contribution in [2.45, 2.75) is 23.8 Å². The van der Waals surface area contributed by atoms with E-state index in [1.807, 2.05) is 13.1 Å². The van der Waals surface area contributed by atoms with E-state index in [2.05, 4.69) is 9.88 Å². The molecule has 1 aliphatic heterocycles. The second-order valence-electron chi connectivity index (χ2n) is 6.88. The van der Waals surface area contributed by atoms with Crippen molar-refractivity contribution in [2.75, 3.05) is 45.4 Å². The lowest BCUT2D eigenvalue weighted by Gasteiger charge is -2.37. The van der Waals surface area contributed by atoms with E-state index in [1.165, 1.54) is 17.6 Å². The van der Waals surface area contributed by atoms with Gasteiger partial charge in [-0.25, -0.2) is 18.2 Å². The molecule has 1 aromatic heterocycles. The van der Waals surface area contributed by atoms with E-state index in [1.54, 1.807) is 36.0 Å². The number of para-hydroxylation sites is 1. The molecule has 0 unspecified atom stereocenters. The van der Waals surface area contributed by atoms with E-state index in [0.29, 0.717) is 5.52 Å². The van der Waals surface area contributed by atoms with Crippen molar-refractivity contribution in [3.05, 3.63) is 18.2 Å². The van der Waals surface area contributed by atoms with Crippen LogP contribution >= 0.6 is 11.3 Å². The van der Waals surface area contributed by atoms with Gasteiger partial charge in [0, 0.05) is 46.5 Å². The molecule has 0 atom stereocenters. The number of nitrogens with zero attached hydrogens (tertiary/aromatic N) is 4. The predicted molar refractivity (Wildman–Crippen MR) is 105 cm³/mol. The molecule has 0 saturated carbocycles. The van der Waals surface area contributed by atoms with E-state index < -0.39 is 9.84 Å². The van der Waals surface area contributed by atoms with Crippen LogP contribution in [0.15, 0.2) is 23.1 Å². The SMILES string of the molecule is CN(C)C(=O)N(C)C1CCN(c2nc3c(S(C)(=O)=O)cccc3s2)CC1. The number of urea groups is 1. The van der Waals surface area contributed by atoms with Crippen LogP contribution in [0.2, 0.25) is 0 Å². The van der Waals surface area contributed by atoms with Crippen LogP contribution in [-0.4, -0.2) is 75.8 Å². The number of aromatic nitrogens is 1. The third-order valence-corrected chi connectivity index (χ3v) is 6.95. The maximum absolute atomic E-state index is 12.1. The molecule has 2 heterocycles. The minimum atomic E-state index is -3.31. The molecule has 7 nitrogen and oxygen atoms in total. The highest BCUT2D eigenvalue weighted by molar-refractivity contribution is 7.91. The van der Waals surface area contributed by atoms with Crippen LogP contribution in [-0.2, 0) is 9.84 Å². The lowest BCUT2D eigenvalue weighted by molar-refractivity contribution is 0.155. The summed E-state index contributed by atoms with van der Waals surface area (Å²) in [6.07, 6.45) is 2.94. The molecule has 1 saturated heterocycles. The van der Waals surface area contributed by atoms with Crippen LogP contribution in [0.25, 0.3) is 10.2 Å². The Morgan fingerprint density at radius 3 is 2.46 bits per heavy atom. The van der Waals surface area contributed by atoms with Crippen LogP contribution < -0.4 is 4.90 Å². The van der Waals surface area contributed by atoms with Crippen LogP contribution in [0.3, 0.4) is 0 Å². The number of carbonyl (C=O) groups excluding carboxylic acids is 1. The van der Waals surface area contributed by atoms with Gasteiger partial charge >= 0.3 is 6.03 Å². The van der Waals surface area contributed by atoms with Crippen LogP contribution in [0.5, 0.6) is 0 Å². The van der Waals surface area contributed by atoms with Gasteiger partial charge in [-0.2, -0.15) is 0 Å². The first-order chi connectivity index (χ1) is 12.2. The summed E-state index contributed by atoms with van der Waals surface area (Å²) in [6.45, 7) is 1.59. The number of hydrogen-bond acceptors (Lipinski definition) is 6. The zero-order chi connectivity index (χ0) is 19.1. The number of anilines is 1.